The zero-order chi connectivity index (χ0) is 17.3. The van der Waals surface area contributed by atoms with Crippen molar-refractivity contribution >= 4 is 23.3 Å². The third-order valence-corrected chi connectivity index (χ3v) is 3.23. The lowest BCUT2D eigenvalue weighted by molar-refractivity contribution is -0.274. The minimum absolute atomic E-state index is 0.0363. The van der Waals surface area contributed by atoms with E-state index >= 15 is 0 Å². The fourth-order valence-electron chi connectivity index (χ4n) is 2.01. The third-order valence-electron chi connectivity index (χ3n) is 3.01. The molecule has 23 heavy (non-hydrogen) atoms. The second-order valence-corrected chi connectivity index (χ2v) is 5.42. The number of carbonyl (C=O) groups excluding carboxylic acids is 1. The Labute approximate surface area is 134 Å². The molecule has 0 fully saturated rings. The molecule has 1 aliphatic rings. The van der Waals surface area contributed by atoms with Crippen LogP contribution in [0.5, 0.6) is 5.75 Å². The van der Waals surface area contributed by atoms with E-state index in [1.165, 1.54) is 13.0 Å². The van der Waals surface area contributed by atoms with Crippen molar-refractivity contribution in [2.45, 2.75) is 32.2 Å². The molecule has 0 saturated heterocycles. The van der Waals surface area contributed by atoms with Crippen LogP contribution in [0.3, 0.4) is 0 Å². The van der Waals surface area contributed by atoms with Crippen molar-refractivity contribution in [2.24, 2.45) is 5.16 Å². The van der Waals surface area contributed by atoms with Gasteiger partial charge in [0.1, 0.15) is 5.75 Å². The maximum absolute atomic E-state index is 12.3. The second kappa shape index (κ2) is 6.27. The Morgan fingerprint density at radius 2 is 2.13 bits per heavy atom. The fraction of sp³-hybridized carbons (Fsp3) is 0.429. The van der Waals surface area contributed by atoms with Crippen molar-refractivity contribution in [3.05, 3.63) is 28.8 Å². The molecule has 5 nitrogen and oxygen atoms in total. The van der Waals surface area contributed by atoms with Crippen LogP contribution in [0.1, 0.15) is 25.8 Å². The molecule has 1 heterocycles. The summed E-state index contributed by atoms with van der Waals surface area (Å²) in [5.74, 6) is -1.08. The van der Waals surface area contributed by atoms with Crippen molar-refractivity contribution in [2.75, 3.05) is 6.61 Å². The Morgan fingerprint density at radius 3 is 2.74 bits per heavy atom. The summed E-state index contributed by atoms with van der Waals surface area (Å²) in [6.07, 6.45) is -4.80. The Morgan fingerprint density at radius 1 is 1.43 bits per heavy atom. The Bertz CT molecular complexity index is 647. The van der Waals surface area contributed by atoms with Crippen LogP contribution in [-0.4, -0.2) is 30.3 Å². The van der Waals surface area contributed by atoms with E-state index in [1.54, 1.807) is 6.92 Å². The number of ether oxygens (including phenoxy) is 2. The SMILES string of the molecule is CCOC(=O)C1(C)CC(c2cc(Cl)cc(OC(F)(F)F)c2)=NO1. The van der Waals surface area contributed by atoms with Gasteiger partial charge in [0.15, 0.2) is 0 Å². The first-order valence-corrected chi connectivity index (χ1v) is 7.00. The van der Waals surface area contributed by atoms with Crippen LogP contribution in [0, 0.1) is 0 Å². The Kier molecular flexibility index (Phi) is 4.74. The molecule has 0 aromatic heterocycles. The summed E-state index contributed by atoms with van der Waals surface area (Å²) in [6, 6.07) is 3.56. The monoisotopic (exact) mass is 351 g/mol. The molecule has 9 heteroatoms. The molecule has 1 aromatic rings. The van der Waals surface area contributed by atoms with Gasteiger partial charge in [0, 0.05) is 17.0 Å². The van der Waals surface area contributed by atoms with Crippen LogP contribution in [0.25, 0.3) is 0 Å². The first kappa shape index (κ1) is 17.4. The number of hydrogen-bond acceptors (Lipinski definition) is 5. The van der Waals surface area contributed by atoms with E-state index < -0.39 is 23.7 Å². The molecule has 0 saturated carbocycles. The minimum atomic E-state index is -4.84. The number of benzene rings is 1. The molecule has 0 bridgehead atoms. The van der Waals surface area contributed by atoms with Crippen molar-refractivity contribution in [3.8, 4) is 5.75 Å². The molecule has 0 spiro atoms. The van der Waals surface area contributed by atoms with E-state index in [9.17, 15) is 18.0 Å². The fourth-order valence-corrected chi connectivity index (χ4v) is 2.23. The zero-order valence-electron chi connectivity index (χ0n) is 12.2. The maximum atomic E-state index is 12.3. The summed E-state index contributed by atoms with van der Waals surface area (Å²) in [5, 5.41) is 3.80. The summed E-state index contributed by atoms with van der Waals surface area (Å²) in [4.78, 5) is 17.0. The molecule has 0 amide bonds. The summed E-state index contributed by atoms with van der Waals surface area (Å²) >= 11 is 5.81. The van der Waals surface area contributed by atoms with E-state index in [-0.39, 0.29) is 29.3 Å². The van der Waals surface area contributed by atoms with Gasteiger partial charge in [-0.25, -0.2) is 4.79 Å². The molecule has 1 aromatic carbocycles. The van der Waals surface area contributed by atoms with Crippen molar-refractivity contribution in [1.29, 1.82) is 0 Å². The highest BCUT2D eigenvalue weighted by Crippen LogP contribution is 2.32. The third kappa shape index (κ3) is 4.28. The normalized spacial score (nSPS) is 20.7. The van der Waals surface area contributed by atoms with Gasteiger partial charge in [-0.2, -0.15) is 0 Å². The first-order valence-electron chi connectivity index (χ1n) is 6.62. The average molecular weight is 352 g/mol. The van der Waals surface area contributed by atoms with Gasteiger partial charge < -0.3 is 14.3 Å². The van der Waals surface area contributed by atoms with Crippen LogP contribution in [-0.2, 0) is 14.4 Å². The number of nitrogens with zero attached hydrogens (tertiary/aromatic N) is 1. The average Bonchev–Trinajstić information content (AvgIpc) is 2.80. The minimum Gasteiger partial charge on any atom is -0.463 e. The molecular weight excluding hydrogens is 339 g/mol. The van der Waals surface area contributed by atoms with Crippen molar-refractivity contribution in [3.63, 3.8) is 0 Å². The van der Waals surface area contributed by atoms with Gasteiger partial charge in [0.2, 0.25) is 5.60 Å². The van der Waals surface area contributed by atoms with Gasteiger partial charge in [0.25, 0.3) is 0 Å². The van der Waals surface area contributed by atoms with Gasteiger partial charge in [-0.1, -0.05) is 16.8 Å². The molecule has 1 atom stereocenters. The molecule has 126 valence electrons. The van der Waals surface area contributed by atoms with E-state index in [0.29, 0.717) is 0 Å². The van der Waals surface area contributed by atoms with Crippen molar-refractivity contribution in [1.82, 2.24) is 0 Å². The largest absolute Gasteiger partial charge is 0.573 e. The van der Waals surface area contributed by atoms with Gasteiger partial charge in [-0.15, -0.1) is 13.2 Å². The topological polar surface area (TPSA) is 57.1 Å². The predicted octanol–water partition coefficient (Wildman–Crippen LogP) is 3.68. The Hall–Kier alpha value is -1.96. The summed E-state index contributed by atoms with van der Waals surface area (Å²) in [6.45, 7) is 3.31. The molecule has 0 aliphatic carbocycles. The number of alkyl halides is 3. The highest BCUT2D eigenvalue weighted by atomic mass is 35.5. The van der Waals surface area contributed by atoms with Gasteiger partial charge in [-0.3, -0.25) is 0 Å². The Balaban J connectivity index is 2.22. The first-order chi connectivity index (χ1) is 10.6. The number of oxime groups is 1. The lowest BCUT2D eigenvalue weighted by Gasteiger charge is -2.18. The van der Waals surface area contributed by atoms with Crippen LogP contribution >= 0.6 is 11.6 Å². The zero-order valence-corrected chi connectivity index (χ0v) is 13.0. The van der Waals surface area contributed by atoms with E-state index in [2.05, 4.69) is 9.89 Å². The summed E-state index contributed by atoms with van der Waals surface area (Å²) in [5.41, 5.74) is -0.779. The molecule has 0 radical (unpaired) electrons. The van der Waals surface area contributed by atoms with Crippen LogP contribution in [0.15, 0.2) is 23.4 Å². The quantitative estimate of drug-likeness (QED) is 0.776. The molecule has 1 unspecified atom stereocenters. The number of halogens is 4. The molecule has 2 rings (SSSR count). The second-order valence-electron chi connectivity index (χ2n) is 4.98. The van der Waals surface area contributed by atoms with E-state index in [1.807, 2.05) is 0 Å². The molecular formula is C14H13ClF3NO4. The van der Waals surface area contributed by atoms with Crippen LogP contribution in [0.4, 0.5) is 13.2 Å². The van der Waals surface area contributed by atoms with Crippen LogP contribution in [0.2, 0.25) is 5.02 Å². The highest BCUT2D eigenvalue weighted by molar-refractivity contribution is 6.31. The maximum Gasteiger partial charge on any atom is 0.573 e. The number of esters is 1. The van der Waals surface area contributed by atoms with Crippen LogP contribution < -0.4 is 4.74 Å². The van der Waals surface area contributed by atoms with Gasteiger partial charge >= 0.3 is 12.3 Å². The summed E-state index contributed by atoms with van der Waals surface area (Å²) in [7, 11) is 0. The standard InChI is InChI=1S/C14H13ClF3NO4/c1-3-21-12(20)13(2)7-11(19-23-13)8-4-9(15)6-10(5-8)22-14(16,17)18/h4-6H,3,7H2,1-2H3. The van der Waals surface area contributed by atoms with Crippen molar-refractivity contribution < 1.29 is 32.3 Å². The van der Waals surface area contributed by atoms with E-state index in [4.69, 9.17) is 21.2 Å². The van der Waals surface area contributed by atoms with E-state index in [0.717, 1.165) is 12.1 Å². The lowest BCUT2D eigenvalue weighted by atomic mass is 9.96. The molecule has 0 N–H and O–H groups in total. The number of hydrogen-bond donors (Lipinski definition) is 0. The number of carbonyl (C=O) groups is 1. The van der Waals surface area contributed by atoms with Gasteiger partial charge in [0.05, 0.1) is 12.3 Å². The predicted molar refractivity (Wildman–Crippen MR) is 75.4 cm³/mol. The highest BCUT2D eigenvalue weighted by Gasteiger charge is 2.44. The molecule has 1 aliphatic heterocycles. The smallest absolute Gasteiger partial charge is 0.463 e. The lowest BCUT2D eigenvalue weighted by Crippen LogP contribution is -2.37. The number of rotatable bonds is 4. The summed E-state index contributed by atoms with van der Waals surface area (Å²) < 4.78 is 45.7. The van der Waals surface area contributed by atoms with Gasteiger partial charge in [-0.05, 0) is 32.0 Å².